The molecule has 0 bridgehead atoms. The van der Waals surface area contributed by atoms with Gasteiger partial charge in [-0.1, -0.05) is 0 Å². The van der Waals surface area contributed by atoms with Crippen molar-refractivity contribution in [1.29, 1.82) is 0 Å². The van der Waals surface area contributed by atoms with Crippen LogP contribution in [0.2, 0.25) is 0 Å². The van der Waals surface area contributed by atoms with Gasteiger partial charge in [0.25, 0.3) is 0 Å². The summed E-state index contributed by atoms with van der Waals surface area (Å²) in [6.45, 7) is 1.97. The number of rotatable bonds is 1. The Balaban J connectivity index is 2.43. The maximum Gasteiger partial charge on any atom is 0.106 e. The molecule has 3 nitrogen and oxygen atoms in total. The lowest BCUT2D eigenvalue weighted by Gasteiger charge is -1.90. The number of aryl methyl sites for hydroxylation is 1. The van der Waals surface area contributed by atoms with Crippen LogP contribution in [0, 0.1) is 6.92 Å². The number of thiazole rings is 1. The maximum absolute atomic E-state index is 4.12. The van der Waals surface area contributed by atoms with Gasteiger partial charge >= 0.3 is 0 Å². The summed E-state index contributed by atoms with van der Waals surface area (Å²) in [5.41, 5.74) is 7.51. The summed E-state index contributed by atoms with van der Waals surface area (Å²) in [5.74, 6) is 0. The smallest absolute Gasteiger partial charge is 0.106 e. The Morgan fingerprint density at radius 2 is 2.36 bits per heavy atom. The fourth-order valence-corrected chi connectivity index (χ4v) is 1.67. The normalized spacial score (nSPS) is 14.8. The van der Waals surface area contributed by atoms with Gasteiger partial charge in [0.1, 0.15) is 5.71 Å². The molecule has 55 valence electrons. The van der Waals surface area contributed by atoms with Gasteiger partial charge in [-0.05, 0) is 13.0 Å². The van der Waals surface area contributed by atoms with Crippen LogP contribution in [0.4, 0.5) is 0 Å². The SMILES string of the molecule is Cc1ncsc1C1=N[N]C=C1. The molecule has 0 N–H and O–H groups in total. The summed E-state index contributed by atoms with van der Waals surface area (Å²) in [6, 6.07) is 0. The second kappa shape index (κ2) is 2.47. The van der Waals surface area contributed by atoms with Crippen molar-refractivity contribution >= 4 is 17.0 Å². The van der Waals surface area contributed by atoms with Crippen LogP contribution in [0.5, 0.6) is 0 Å². The first kappa shape index (κ1) is 6.54. The summed E-state index contributed by atoms with van der Waals surface area (Å²) in [5, 5.41) is 3.94. The predicted octanol–water partition coefficient (Wildman–Crippen LogP) is 1.29. The number of hydrogen-bond acceptors (Lipinski definition) is 3. The average molecular weight is 164 g/mol. The number of allylic oxidation sites excluding steroid dienone is 1. The molecule has 2 rings (SSSR count). The predicted molar refractivity (Wildman–Crippen MR) is 44.7 cm³/mol. The zero-order valence-electron chi connectivity index (χ0n) is 5.98. The minimum Gasteiger partial charge on any atom is -0.249 e. The maximum atomic E-state index is 4.12. The molecule has 4 heteroatoms. The minimum atomic E-state index is 0.921. The summed E-state index contributed by atoms with van der Waals surface area (Å²) in [7, 11) is 0. The van der Waals surface area contributed by atoms with Gasteiger partial charge in [-0.25, -0.2) is 4.98 Å². The first-order chi connectivity index (χ1) is 5.38. The lowest BCUT2D eigenvalue weighted by atomic mass is 10.3. The molecule has 0 amide bonds. The van der Waals surface area contributed by atoms with Crippen molar-refractivity contribution in [2.75, 3.05) is 0 Å². The second-order valence-corrected chi connectivity index (χ2v) is 3.04. The molecule has 1 aromatic heterocycles. The van der Waals surface area contributed by atoms with Gasteiger partial charge < -0.3 is 0 Å². The Morgan fingerprint density at radius 1 is 1.45 bits per heavy atom. The quantitative estimate of drug-likeness (QED) is 0.616. The van der Waals surface area contributed by atoms with E-state index >= 15 is 0 Å². The van der Waals surface area contributed by atoms with Crippen molar-refractivity contribution in [3.8, 4) is 0 Å². The molecule has 11 heavy (non-hydrogen) atoms. The highest BCUT2D eigenvalue weighted by Crippen LogP contribution is 2.15. The van der Waals surface area contributed by atoms with E-state index in [-0.39, 0.29) is 0 Å². The molecule has 0 unspecified atom stereocenters. The summed E-state index contributed by atoms with van der Waals surface area (Å²) in [4.78, 5) is 5.24. The molecule has 0 aliphatic carbocycles. The van der Waals surface area contributed by atoms with Crippen molar-refractivity contribution in [2.24, 2.45) is 5.10 Å². The van der Waals surface area contributed by atoms with Gasteiger partial charge in [-0.2, -0.15) is 5.43 Å². The highest BCUT2D eigenvalue weighted by Gasteiger charge is 2.09. The van der Waals surface area contributed by atoms with Gasteiger partial charge in [0.2, 0.25) is 0 Å². The molecular weight excluding hydrogens is 158 g/mol. The van der Waals surface area contributed by atoms with E-state index in [1.165, 1.54) is 0 Å². The van der Waals surface area contributed by atoms with Gasteiger partial charge in [0.05, 0.1) is 22.3 Å². The van der Waals surface area contributed by atoms with Crippen molar-refractivity contribution < 1.29 is 0 Å². The Bertz CT molecular complexity index is 324. The van der Waals surface area contributed by atoms with Gasteiger partial charge in [0, 0.05) is 0 Å². The van der Waals surface area contributed by atoms with E-state index < -0.39 is 0 Å². The van der Waals surface area contributed by atoms with E-state index in [2.05, 4.69) is 15.5 Å². The van der Waals surface area contributed by atoms with E-state index in [0.717, 1.165) is 16.3 Å². The molecule has 1 aliphatic heterocycles. The zero-order valence-corrected chi connectivity index (χ0v) is 6.80. The highest BCUT2D eigenvalue weighted by molar-refractivity contribution is 7.12. The molecule has 2 heterocycles. The van der Waals surface area contributed by atoms with E-state index in [1.807, 2.05) is 18.5 Å². The zero-order chi connectivity index (χ0) is 7.68. The second-order valence-electron chi connectivity index (χ2n) is 2.18. The van der Waals surface area contributed by atoms with Crippen LogP contribution in [0.15, 0.2) is 22.9 Å². The summed E-state index contributed by atoms with van der Waals surface area (Å²) >= 11 is 1.59. The third kappa shape index (κ3) is 1.05. The molecule has 0 aromatic carbocycles. The molecule has 0 saturated carbocycles. The van der Waals surface area contributed by atoms with Crippen molar-refractivity contribution in [1.82, 2.24) is 10.4 Å². The molecule has 0 spiro atoms. The molecule has 1 aliphatic rings. The Hall–Kier alpha value is -1.16. The Morgan fingerprint density at radius 3 is 2.91 bits per heavy atom. The number of aromatic nitrogens is 1. The van der Waals surface area contributed by atoms with Crippen LogP contribution in [0.3, 0.4) is 0 Å². The number of nitrogens with zero attached hydrogens (tertiary/aromatic N) is 3. The highest BCUT2D eigenvalue weighted by atomic mass is 32.1. The fourth-order valence-electron chi connectivity index (χ4n) is 0.902. The molecule has 0 saturated heterocycles. The molecular formula is C7H6N3S. The van der Waals surface area contributed by atoms with Crippen LogP contribution in [-0.2, 0) is 0 Å². The summed E-state index contributed by atoms with van der Waals surface area (Å²) < 4.78 is 0. The Labute approximate surface area is 68.5 Å². The summed E-state index contributed by atoms with van der Waals surface area (Å²) in [6.07, 6.45) is 3.58. The van der Waals surface area contributed by atoms with Crippen molar-refractivity contribution in [3.05, 3.63) is 28.4 Å². The third-order valence-corrected chi connectivity index (χ3v) is 2.39. The van der Waals surface area contributed by atoms with Crippen LogP contribution in [0.25, 0.3) is 0 Å². The van der Waals surface area contributed by atoms with Crippen LogP contribution < -0.4 is 5.43 Å². The lowest BCUT2D eigenvalue weighted by molar-refractivity contribution is 0.972. The van der Waals surface area contributed by atoms with Crippen LogP contribution in [-0.4, -0.2) is 10.7 Å². The monoisotopic (exact) mass is 164 g/mol. The van der Waals surface area contributed by atoms with Crippen molar-refractivity contribution in [2.45, 2.75) is 6.92 Å². The topological polar surface area (TPSA) is 39.4 Å². The Kier molecular flexibility index (Phi) is 1.47. The largest absolute Gasteiger partial charge is 0.249 e. The number of hydrogen-bond donors (Lipinski definition) is 0. The van der Waals surface area contributed by atoms with E-state index in [1.54, 1.807) is 17.5 Å². The standard InChI is InChI=1S/C7H6N3S/c1-5-7(11-4-8-5)6-2-3-9-10-6/h2-4H,1H3. The van der Waals surface area contributed by atoms with E-state index in [9.17, 15) is 0 Å². The van der Waals surface area contributed by atoms with Crippen LogP contribution in [0.1, 0.15) is 10.6 Å². The molecule has 0 fully saturated rings. The third-order valence-electron chi connectivity index (χ3n) is 1.44. The van der Waals surface area contributed by atoms with Gasteiger partial charge in [-0.3, -0.25) is 0 Å². The first-order valence-electron chi connectivity index (χ1n) is 3.23. The molecule has 1 aromatic rings. The van der Waals surface area contributed by atoms with Gasteiger partial charge in [-0.15, -0.1) is 16.4 Å². The van der Waals surface area contributed by atoms with Crippen LogP contribution >= 0.6 is 11.3 Å². The van der Waals surface area contributed by atoms with Gasteiger partial charge in [0.15, 0.2) is 0 Å². The molecule has 0 atom stereocenters. The van der Waals surface area contributed by atoms with E-state index in [0.29, 0.717) is 0 Å². The lowest BCUT2D eigenvalue weighted by Crippen LogP contribution is -1.93. The average Bonchev–Trinajstić information content (AvgIpc) is 2.55. The van der Waals surface area contributed by atoms with Crippen molar-refractivity contribution in [3.63, 3.8) is 0 Å². The minimum absolute atomic E-state index is 0.921. The molecule has 1 radical (unpaired) electrons. The van der Waals surface area contributed by atoms with E-state index in [4.69, 9.17) is 0 Å². The first-order valence-corrected chi connectivity index (χ1v) is 4.11. The fraction of sp³-hybridized carbons (Fsp3) is 0.143.